The monoisotopic (exact) mass is 562 g/mol. The number of anilines is 1. The van der Waals surface area contributed by atoms with Crippen LogP contribution in [0.15, 0.2) is 149 Å². The summed E-state index contributed by atoms with van der Waals surface area (Å²) in [5.41, 5.74) is 31.5. The molecule has 1 atom stereocenters. The summed E-state index contributed by atoms with van der Waals surface area (Å²) in [4.78, 5) is 6.73. The number of nitrogens with two attached hydrogens (primary N) is 1. The molecule has 0 aliphatic rings. The van der Waals surface area contributed by atoms with Gasteiger partial charge in [0.2, 0.25) is 0 Å². The molecule has 0 spiro atoms. The first-order chi connectivity index (χ1) is 19.0. The Hall–Kier alpha value is -4.78. The third-order valence-electron chi connectivity index (χ3n) is 4.33. The van der Waals surface area contributed by atoms with Gasteiger partial charge in [-0.1, -0.05) is 59.3 Å². The van der Waals surface area contributed by atoms with Gasteiger partial charge in [0.1, 0.15) is 9.04 Å². The van der Waals surface area contributed by atoms with E-state index in [-0.39, 0.29) is 0 Å². The van der Waals surface area contributed by atoms with Gasteiger partial charge in [-0.2, -0.15) is 0 Å². The summed E-state index contributed by atoms with van der Waals surface area (Å²) < 4.78 is 12.7. The highest BCUT2D eigenvalue weighted by Gasteiger charge is 2.19. The predicted octanol–water partition coefficient (Wildman–Crippen LogP) is 8.81. The number of hydrogen-bond acceptors (Lipinski definition) is 5. The van der Waals surface area contributed by atoms with E-state index in [0.29, 0.717) is 9.90 Å². The van der Waals surface area contributed by atoms with Gasteiger partial charge in [0, 0.05) is 11.6 Å². The molecule has 2 N–H and O–H groups in total. The molecule has 3 nitrogen and oxygen atoms in total. The van der Waals surface area contributed by atoms with Crippen LogP contribution in [0.3, 0.4) is 0 Å². The second-order valence-corrected chi connectivity index (χ2v) is 10.2. The largest absolute Gasteiger partial charge is 0.396 e. The molecule has 0 aliphatic carbocycles. The van der Waals surface area contributed by atoms with Crippen LogP contribution in [0.4, 0.5) is 5.69 Å². The molecule has 6 heteroatoms. The van der Waals surface area contributed by atoms with Crippen LogP contribution in [0.5, 0.6) is 0 Å². The Kier molecular flexibility index (Phi) is 15.3. The lowest BCUT2D eigenvalue weighted by Crippen LogP contribution is -1.92. The molecule has 0 fully saturated rings. The van der Waals surface area contributed by atoms with Crippen molar-refractivity contribution in [2.24, 2.45) is 0 Å². The molecule has 0 saturated heterocycles. The molecule has 1 aromatic carbocycles. The standard InChI is InChI=1S/C18H14N2OS3.C7H4.C6H4.C2H4/c1-24(21)18-16(19)15-12(11-6-3-2-4-7-11)10-13(20-17(15)23-18)14-8-5-9-22-14;1-3-5-7-6-4-2;1-3-5-6-4-2;1-2/h2-10H,19H2,1H3;1-2H2;1-2H2;1-2H2. The molecule has 0 bridgehead atoms. The van der Waals surface area contributed by atoms with E-state index in [1.54, 1.807) is 17.6 Å². The van der Waals surface area contributed by atoms with Crippen LogP contribution in [0.25, 0.3) is 31.9 Å². The van der Waals surface area contributed by atoms with Crippen molar-refractivity contribution in [3.63, 3.8) is 0 Å². The van der Waals surface area contributed by atoms with Gasteiger partial charge < -0.3 is 5.73 Å². The van der Waals surface area contributed by atoms with Crippen molar-refractivity contribution >= 4 is 49.4 Å². The van der Waals surface area contributed by atoms with Crippen molar-refractivity contribution in [2.75, 3.05) is 12.0 Å². The van der Waals surface area contributed by atoms with Gasteiger partial charge in [0.25, 0.3) is 0 Å². The Balaban J connectivity index is 0.000000422. The number of nitrogens with zero attached hydrogens (tertiary/aromatic N) is 1. The molecule has 1 unspecified atom stereocenters. The lowest BCUT2D eigenvalue weighted by molar-refractivity contribution is 0.688. The van der Waals surface area contributed by atoms with E-state index in [4.69, 9.17) is 10.7 Å². The van der Waals surface area contributed by atoms with Crippen LogP contribution in [-0.2, 0) is 10.8 Å². The third-order valence-corrected chi connectivity index (χ3v) is 7.81. The van der Waals surface area contributed by atoms with Crippen LogP contribution in [0, 0.1) is 0 Å². The molecule has 3 aromatic heterocycles. The Bertz CT molecular complexity index is 1720. The molecule has 0 amide bonds. The summed E-state index contributed by atoms with van der Waals surface area (Å²) in [6, 6.07) is 16.3. The van der Waals surface area contributed by atoms with Crippen molar-refractivity contribution in [3.8, 4) is 21.7 Å². The predicted molar refractivity (Wildman–Crippen MR) is 170 cm³/mol. The Morgan fingerprint density at radius 1 is 0.846 bits per heavy atom. The highest BCUT2D eigenvalue weighted by Crippen LogP contribution is 2.42. The van der Waals surface area contributed by atoms with E-state index in [1.165, 1.54) is 11.3 Å². The maximum atomic E-state index is 12.0. The summed E-state index contributed by atoms with van der Waals surface area (Å²) >= 11 is 3.08. The zero-order chi connectivity index (χ0) is 29.0. The fourth-order valence-corrected chi connectivity index (χ4v) is 5.58. The first kappa shape index (κ1) is 32.2. The Morgan fingerprint density at radius 3 is 1.90 bits per heavy atom. The van der Waals surface area contributed by atoms with Crippen molar-refractivity contribution < 1.29 is 4.21 Å². The average molecular weight is 563 g/mol. The lowest BCUT2D eigenvalue weighted by Gasteiger charge is -2.07. The maximum absolute atomic E-state index is 12.0. The van der Waals surface area contributed by atoms with E-state index in [1.807, 2.05) is 29.6 Å². The number of rotatable bonds is 3. The maximum Gasteiger partial charge on any atom is 0.127 e. The van der Waals surface area contributed by atoms with E-state index in [2.05, 4.69) is 115 Å². The number of aromatic nitrogens is 1. The number of nitrogen functional groups attached to an aromatic ring is 1. The summed E-state index contributed by atoms with van der Waals surface area (Å²) in [5.74, 6) is 0. The normalized spacial score (nSPS) is 8.95. The van der Waals surface area contributed by atoms with E-state index in [9.17, 15) is 4.21 Å². The van der Waals surface area contributed by atoms with E-state index >= 15 is 0 Å². The minimum atomic E-state index is -1.13. The van der Waals surface area contributed by atoms with Crippen LogP contribution in [0.1, 0.15) is 0 Å². The zero-order valence-corrected chi connectivity index (χ0v) is 24.0. The smallest absolute Gasteiger partial charge is 0.127 e. The van der Waals surface area contributed by atoms with Crippen molar-refractivity contribution in [1.82, 2.24) is 4.98 Å². The number of benzene rings is 1. The first-order valence-corrected chi connectivity index (χ1v) is 14.2. The Labute approximate surface area is 240 Å². The van der Waals surface area contributed by atoms with E-state index in [0.717, 1.165) is 31.9 Å². The van der Waals surface area contributed by atoms with Crippen molar-refractivity contribution in [2.45, 2.75) is 4.21 Å². The second-order valence-electron chi connectivity index (χ2n) is 6.67. The molecule has 0 aliphatic heterocycles. The van der Waals surface area contributed by atoms with Gasteiger partial charge in [0.15, 0.2) is 0 Å². The number of pyridine rings is 1. The average Bonchev–Trinajstić information content (AvgIpc) is 3.63. The van der Waals surface area contributed by atoms with Gasteiger partial charge >= 0.3 is 0 Å². The number of hydrogen-bond donors (Lipinski definition) is 1. The third kappa shape index (κ3) is 9.89. The fraction of sp³-hybridized carbons (Fsp3) is 0.0303. The molecule has 4 aromatic rings. The van der Waals surface area contributed by atoms with E-state index < -0.39 is 10.8 Å². The number of fused-ring (bicyclic) bond motifs is 1. The van der Waals surface area contributed by atoms with Crippen molar-refractivity contribution in [3.05, 3.63) is 145 Å². The minimum Gasteiger partial charge on any atom is -0.396 e. The summed E-state index contributed by atoms with van der Waals surface area (Å²) in [6.45, 7) is 19.0. The first-order valence-electron chi connectivity index (χ1n) is 11.0. The molecular weight excluding hydrogens is 537 g/mol. The summed E-state index contributed by atoms with van der Waals surface area (Å²) in [6.07, 6.45) is 1.66. The van der Waals surface area contributed by atoms with Crippen LogP contribution < -0.4 is 5.73 Å². The molecule has 192 valence electrons. The van der Waals surface area contributed by atoms with Gasteiger partial charge in [0.05, 0.1) is 27.1 Å². The quantitative estimate of drug-likeness (QED) is 0.200. The topological polar surface area (TPSA) is 56.0 Å². The highest BCUT2D eigenvalue weighted by molar-refractivity contribution is 7.87. The highest BCUT2D eigenvalue weighted by atomic mass is 32.2. The summed E-state index contributed by atoms with van der Waals surface area (Å²) in [5, 5.41) is 2.94. The molecule has 4 rings (SSSR count). The molecule has 3 heterocycles. The van der Waals surface area contributed by atoms with Gasteiger partial charge in [-0.15, -0.1) is 35.8 Å². The van der Waals surface area contributed by atoms with Gasteiger partial charge in [-0.3, -0.25) is 4.21 Å². The second kappa shape index (κ2) is 18.5. The molecule has 0 radical (unpaired) electrons. The minimum absolute atomic E-state index is 0.583. The summed E-state index contributed by atoms with van der Waals surface area (Å²) in [7, 11) is -1.13. The number of thiophene rings is 2. The SMILES string of the molecule is C=C.C=C=C=C=C=C.C=C=C=C=C=C=C.CS(=O)c1sc2nc(-c3cccs3)cc(-c3ccccc3)c2c1N. The Morgan fingerprint density at radius 2 is 1.41 bits per heavy atom. The zero-order valence-electron chi connectivity index (χ0n) is 21.6. The molecular formula is C33H26N2OS3. The fourth-order valence-electron chi connectivity index (χ4n) is 2.92. The van der Waals surface area contributed by atoms with Crippen LogP contribution in [-0.4, -0.2) is 15.4 Å². The van der Waals surface area contributed by atoms with Crippen LogP contribution >= 0.6 is 22.7 Å². The van der Waals surface area contributed by atoms with Crippen LogP contribution in [0.2, 0.25) is 0 Å². The van der Waals surface area contributed by atoms with Gasteiger partial charge in [-0.05, 0) is 83.6 Å². The lowest BCUT2D eigenvalue weighted by atomic mass is 10.0. The van der Waals surface area contributed by atoms with Gasteiger partial charge in [-0.25, -0.2) is 4.98 Å². The molecule has 0 saturated carbocycles. The molecule has 39 heavy (non-hydrogen) atoms. The van der Waals surface area contributed by atoms with Crippen molar-refractivity contribution in [1.29, 1.82) is 0 Å².